The van der Waals surface area contributed by atoms with Gasteiger partial charge < -0.3 is 15.8 Å². The Balaban J connectivity index is 1.80. The third kappa shape index (κ3) is 4.82. The summed E-state index contributed by atoms with van der Waals surface area (Å²) in [6.07, 6.45) is 0.582. The molecule has 0 bridgehead atoms. The molecular weight excluding hydrogens is 298 g/mol. The van der Waals surface area contributed by atoms with E-state index in [-0.39, 0.29) is 12.0 Å². The molecule has 6 heteroatoms. The number of aromatic nitrogens is 1. The number of carbonyl (C=O) groups is 1. The molecule has 1 aromatic carbocycles. The van der Waals surface area contributed by atoms with Gasteiger partial charge in [-0.3, -0.25) is 4.79 Å². The van der Waals surface area contributed by atoms with Crippen LogP contribution in [-0.4, -0.2) is 30.1 Å². The molecule has 1 amide bonds. The zero-order valence-corrected chi connectivity index (χ0v) is 13.7. The van der Waals surface area contributed by atoms with Gasteiger partial charge in [-0.05, 0) is 32.5 Å². The number of hydrogen-bond donors (Lipinski definition) is 2. The van der Waals surface area contributed by atoms with Crippen LogP contribution in [0.1, 0.15) is 28.0 Å². The number of nitrogens with zero attached hydrogens (tertiary/aromatic N) is 1. The highest BCUT2D eigenvalue weighted by Gasteiger charge is 2.12. The Morgan fingerprint density at radius 2 is 2.14 bits per heavy atom. The first-order chi connectivity index (χ1) is 10.6. The standard InChI is InChI=1S/C16H21N3O2S/c1-11-3-5-13(6-4-11)21-12(2)9-18-16(20)14-10-22-15(19-14)7-8-17/h3-6,10,12H,7-9,17H2,1-2H3,(H,18,20). The second kappa shape index (κ2) is 7.91. The van der Waals surface area contributed by atoms with E-state index in [1.54, 1.807) is 5.38 Å². The Morgan fingerprint density at radius 3 is 2.82 bits per heavy atom. The minimum atomic E-state index is -0.182. The molecule has 0 aliphatic heterocycles. The average Bonchev–Trinajstić information content (AvgIpc) is 2.96. The van der Waals surface area contributed by atoms with Crippen molar-refractivity contribution in [1.82, 2.24) is 10.3 Å². The van der Waals surface area contributed by atoms with Gasteiger partial charge in [0.05, 0.1) is 11.6 Å². The predicted octanol–water partition coefficient (Wildman–Crippen LogP) is 2.15. The molecule has 0 saturated carbocycles. The van der Waals surface area contributed by atoms with Gasteiger partial charge in [0.2, 0.25) is 0 Å². The molecule has 0 radical (unpaired) electrons. The van der Waals surface area contributed by atoms with Crippen molar-refractivity contribution in [3.8, 4) is 5.75 Å². The van der Waals surface area contributed by atoms with E-state index in [1.807, 2.05) is 38.1 Å². The van der Waals surface area contributed by atoms with Crippen LogP contribution >= 0.6 is 11.3 Å². The van der Waals surface area contributed by atoms with Gasteiger partial charge in [0.15, 0.2) is 0 Å². The Kier molecular flexibility index (Phi) is 5.91. The molecule has 0 spiro atoms. The summed E-state index contributed by atoms with van der Waals surface area (Å²) < 4.78 is 5.75. The second-order valence-electron chi connectivity index (χ2n) is 5.12. The van der Waals surface area contributed by atoms with E-state index in [4.69, 9.17) is 10.5 Å². The highest BCUT2D eigenvalue weighted by Crippen LogP contribution is 2.13. The van der Waals surface area contributed by atoms with Crippen molar-refractivity contribution in [2.75, 3.05) is 13.1 Å². The smallest absolute Gasteiger partial charge is 0.270 e. The van der Waals surface area contributed by atoms with Crippen LogP contribution in [0.3, 0.4) is 0 Å². The van der Waals surface area contributed by atoms with Crippen molar-refractivity contribution in [2.45, 2.75) is 26.4 Å². The predicted molar refractivity (Wildman–Crippen MR) is 88.5 cm³/mol. The van der Waals surface area contributed by atoms with Crippen molar-refractivity contribution >= 4 is 17.2 Å². The highest BCUT2D eigenvalue weighted by atomic mass is 32.1. The summed E-state index contributed by atoms with van der Waals surface area (Å²) in [5.74, 6) is 0.616. The molecule has 1 unspecified atom stereocenters. The van der Waals surface area contributed by atoms with Gasteiger partial charge in [0.25, 0.3) is 5.91 Å². The van der Waals surface area contributed by atoms with Crippen LogP contribution in [0.15, 0.2) is 29.6 Å². The Labute approximate surface area is 134 Å². The Hall–Kier alpha value is -1.92. The molecule has 1 aromatic heterocycles. The molecule has 1 atom stereocenters. The van der Waals surface area contributed by atoms with E-state index in [9.17, 15) is 4.79 Å². The highest BCUT2D eigenvalue weighted by molar-refractivity contribution is 7.09. The number of carbonyl (C=O) groups excluding carboxylic acids is 1. The van der Waals surface area contributed by atoms with E-state index < -0.39 is 0 Å². The van der Waals surface area contributed by atoms with Crippen LogP contribution in [0.5, 0.6) is 5.75 Å². The number of ether oxygens (including phenoxy) is 1. The fourth-order valence-electron chi connectivity index (χ4n) is 1.87. The number of amides is 1. The van der Waals surface area contributed by atoms with E-state index >= 15 is 0 Å². The van der Waals surface area contributed by atoms with Crippen LogP contribution in [0.25, 0.3) is 0 Å². The van der Waals surface area contributed by atoms with E-state index in [0.29, 0.717) is 25.2 Å². The molecule has 5 nitrogen and oxygen atoms in total. The second-order valence-corrected chi connectivity index (χ2v) is 6.06. The molecule has 22 heavy (non-hydrogen) atoms. The maximum Gasteiger partial charge on any atom is 0.270 e. The van der Waals surface area contributed by atoms with Gasteiger partial charge in [-0.25, -0.2) is 4.98 Å². The zero-order valence-electron chi connectivity index (χ0n) is 12.8. The number of rotatable bonds is 7. The van der Waals surface area contributed by atoms with Crippen molar-refractivity contribution in [1.29, 1.82) is 0 Å². The third-order valence-electron chi connectivity index (χ3n) is 3.05. The molecule has 2 aromatic rings. The van der Waals surface area contributed by atoms with Crippen LogP contribution in [-0.2, 0) is 6.42 Å². The van der Waals surface area contributed by atoms with Gasteiger partial charge in [-0.15, -0.1) is 11.3 Å². The van der Waals surface area contributed by atoms with Crippen molar-refractivity contribution in [3.05, 3.63) is 45.9 Å². The minimum absolute atomic E-state index is 0.117. The van der Waals surface area contributed by atoms with Crippen LogP contribution in [0, 0.1) is 6.92 Å². The van der Waals surface area contributed by atoms with E-state index in [1.165, 1.54) is 16.9 Å². The zero-order chi connectivity index (χ0) is 15.9. The lowest BCUT2D eigenvalue weighted by molar-refractivity contribution is 0.0927. The number of nitrogens with two attached hydrogens (primary N) is 1. The van der Waals surface area contributed by atoms with Gasteiger partial charge in [0, 0.05) is 11.8 Å². The Morgan fingerprint density at radius 1 is 1.41 bits per heavy atom. The maximum atomic E-state index is 12.0. The summed E-state index contributed by atoms with van der Waals surface area (Å²) in [7, 11) is 0. The number of hydrogen-bond acceptors (Lipinski definition) is 5. The number of aryl methyl sites for hydroxylation is 1. The summed E-state index contributed by atoms with van der Waals surface area (Å²) in [6.45, 7) is 4.91. The SMILES string of the molecule is Cc1ccc(OC(C)CNC(=O)c2csc(CCN)n2)cc1. The first-order valence-electron chi connectivity index (χ1n) is 7.24. The molecule has 0 saturated heterocycles. The summed E-state index contributed by atoms with van der Waals surface area (Å²) in [5, 5.41) is 5.48. The fraction of sp³-hybridized carbons (Fsp3) is 0.375. The first-order valence-corrected chi connectivity index (χ1v) is 8.12. The minimum Gasteiger partial charge on any atom is -0.489 e. The fourth-order valence-corrected chi connectivity index (χ4v) is 2.67. The largest absolute Gasteiger partial charge is 0.489 e. The first kappa shape index (κ1) is 16.5. The van der Waals surface area contributed by atoms with Crippen molar-refractivity contribution in [2.24, 2.45) is 5.73 Å². The molecule has 1 heterocycles. The molecule has 118 valence electrons. The lowest BCUT2D eigenvalue weighted by Crippen LogP contribution is -2.33. The summed E-state index contributed by atoms with van der Waals surface area (Å²) in [6, 6.07) is 7.84. The third-order valence-corrected chi connectivity index (χ3v) is 3.96. The molecule has 3 N–H and O–H groups in total. The van der Waals surface area contributed by atoms with Crippen molar-refractivity contribution < 1.29 is 9.53 Å². The number of thiazole rings is 1. The van der Waals surface area contributed by atoms with E-state index in [0.717, 1.165) is 10.8 Å². The van der Waals surface area contributed by atoms with Crippen LogP contribution in [0.2, 0.25) is 0 Å². The van der Waals surface area contributed by atoms with Crippen molar-refractivity contribution in [3.63, 3.8) is 0 Å². The van der Waals surface area contributed by atoms with E-state index in [2.05, 4.69) is 10.3 Å². The summed E-state index contributed by atoms with van der Waals surface area (Å²) in [5.41, 5.74) is 7.10. The molecule has 0 aliphatic carbocycles. The lowest BCUT2D eigenvalue weighted by Gasteiger charge is -2.15. The van der Waals surface area contributed by atoms with Gasteiger partial charge >= 0.3 is 0 Å². The maximum absolute atomic E-state index is 12.0. The normalized spacial score (nSPS) is 12.0. The summed E-state index contributed by atoms with van der Waals surface area (Å²) >= 11 is 1.46. The Bertz CT molecular complexity index is 610. The van der Waals surface area contributed by atoms with Crippen LogP contribution in [0.4, 0.5) is 0 Å². The molecular formula is C16H21N3O2S. The van der Waals surface area contributed by atoms with Crippen LogP contribution < -0.4 is 15.8 Å². The molecule has 0 aliphatic rings. The summed E-state index contributed by atoms with van der Waals surface area (Å²) in [4.78, 5) is 16.3. The van der Waals surface area contributed by atoms with Gasteiger partial charge in [0.1, 0.15) is 17.5 Å². The average molecular weight is 319 g/mol. The lowest BCUT2D eigenvalue weighted by atomic mass is 10.2. The quantitative estimate of drug-likeness (QED) is 0.820. The van der Waals surface area contributed by atoms with Gasteiger partial charge in [-0.2, -0.15) is 0 Å². The molecule has 2 rings (SSSR count). The monoisotopic (exact) mass is 319 g/mol. The number of benzene rings is 1. The molecule has 0 fully saturated rings. The van der Waals surface area contributed by atoms with Gasteiger partial charge in [-0.1, -0.05) is 17.7 Å². The topological polar surface area (TPSA) is 77.2 Å². The number of nitrogens with one attached hydrogen (secondary N) is 1.